The molecule has 0 saturated heterocycles. The molecule has 0 aliphatic carbocycles. The van der Waals surface area contributed by atoms with Crippen molar-refractivity contribution in [2.24, 2.45) is 5.73 Å². The van der Waals surface area contributed by atoms with Crippen molar-refractivity contribution in [2.75, 3.05) is 13.2 Å². The molecule has 0 saturated carbocycles. The Morgan fingerprint density at radius 3 is 1.80 bits per heavy atom. The van der Waals surface area contributed by atoms with E-state index < -0.39 is 0 Å². The summed E-state index contributed by atoms with van der Waals surface area (Å²) in [6.07, 6.45) is 3.29. The summed E-state index contributed by atoms with van der Waals surface area (Å²) in [5.74, 6) is 0. The van der Waals surface area contributed by atoms with Gasteiger partial charge in [0.25, 0.3) is 0 Å². The first-order chi connectivity index (χ1) is 9.92. The predicted molar refractivity (Wildman–Crippen MR) is 83.6 cm³/mol. The first-order valence-electron chi connectivity index (χ1n) is 7.33. The third kappa shape index (κ3) is 4.48. The number of nitrogens with two attached hydrogens (primary N) is 1. The summed E-state index contributed by atoms with van der Waals surface area (Å²) in [6, 6.07) is 20.8. The second-order valence-corrected chi connectivity index (χ2v) is 4.92. The molecular weight excluding hydrogens is 246 g/mol. The van der Waals surface area contributed by atoms with Crippen LogP contribution < -0.4 is 5.73 Å². The monoisotopic (exact) mass is 269 g/mol. The number of hydrogen-bond donors (Lipinski definition) is 1. The lowest BCUT2D eigenvalue weighted by Crippen LogP contribution is -2.08. The minimum atomic E-state index is 0.0234. The normalized spacial score (nSPS) is 10.9. The summed E-state index contributed by atoms with van der Waals surface area (Å²) in [5, 5.41) is 0. The highest BCUT2D eigenvalue weighted by molar-refractivity contribution is 5.29. The van der Waals surface area contributed by atoms with Crippen LogP contribution in [0.3, 0.4) is 0 Å². The van der Waals surface area contributed by atoms with Gasteiger partial charge in [-0.2, -0.15) is 0 Å². The van der Waals surface area contributed by atoms with E-state index in [9.17, 15) is 0 Å². The summed E-state index contributed by atoms with van der Waals surface area (Å²) >= 11 is 0. The van der Waals surface area contributed by atoms with Crippen LogP contribution in [0.4, 0.5) is 0 Å². The molecule has 0 atom stereocenters. The quantitative estimate of drug-likeness (QED) is 0.737. The standard InChI is InChI=1S/C18H23NO/c19-14-8-3-9-15-20-18(16-10-4-1-5-11-16)17-12-6-2-7-13-17/h1-2,4-7,10-13,18H,3,8-9,14-15,19H2. The molecule has 0 aliphatic heterocycles. The molecule has 0 aliphatic rings. The lowest BCUT2D eigenvalue weighted by Gasteiger charge is -2.19. The molecule has 0 heterocycles. The summed E-state index contributed by atoms with van der Waals surface area (Å²) in [4.78, 5) is 0. The number of benzene rings is 2. The number of rotatable bonds is 8. The lowest BCUT2D eigenvalue weighted by atomic mass is 10.0. The van der Waals surface area contributed by atoms with Crippen LogP contribution in [0.25, 0.3) is 0 Å². The van der Waals surface area contributed by atoms with E-state index in [1.165, 1.54) is 11.1 Å². The van der Waals surface area contributed by atoms with Crippen molar-refractivity contribution in [1.82, 2.24) is 0 Å². The Labute approximate surface area is 121 Å². The van der Waals surface area contributed by atoms with E-state index in [2.05, 4.69) is 48.5 Å². The molecule has 2 aromatic carbocycles. The molecule has 2 nitrogen and oxygen atoms in total. The third-order valence-corrected chi connectivity index (χ3v) is 3.34. The van der Waals surface area contributed by atoms with Gasteiger partial charge in [0.2, 0.25) is 0 Å². The first kappa shape index (κ1) is 14.8. The van der Waals surface area contributed by atoms with Gasteiger partial charge in [-0.05, 0) is 36.9 Å². The van der Waals surface area contributed by atoms with Crippen molar-refractivity contribution in [1.29, 1.82) is 0 Å². The van der Waals surface area contributed by atoms with Crippen molar-refractivity contribution in [3.05, 3.63) is 71.8 Å². The van der Waals surface area contributed by atoms with Crippen LogP contribution in [0.2, 0.25) is 0 Å². The summed E-state index contributed by atoms with van der Waals surface area (Å²) < 4.78 is 6.12. The van der Waals surface area contributed by atoms with Crippen molar-refractivity contribution >= 4 is 0 Å². The zero-order valence-electron chi connectivity index (χ0n) is 11.9. The Balaban J connectivity index is 2.02. The van der Waals surface area contributed by atoms with Gasteiger partial charge >= 0.3 is 0 Å². The second kappa shape index (κ2) is 8.51. The topological polar surface area (TPSA) is 35.2 Å². The highest BCUT2D eigenvalue weighted by Gasteiger charge is 2.13. The highest BCUT2D eigenvalue weighted by atomic mass is 16.5. The summed E-state index contributed by atoms with van der Waals surface area (Å²) in [5.41, 5.74) is 7.92. The Bertz CT molecular complexity index is 430. The maximum atomic E-state index is 6.12. The molecule has 2 rings (SSSR count). The minimum Gasteiger partial charge on any atom is -0.369 e. The van der Waals surface area contributed by atoms with E-state index in [-0.39, 0.29) is 6.10 Å². The fraction of sp³-hybridized carbons (Fsp3) is 0.333. The van der Waals surface area contributed by atoms with Gasteiger partial charge in [-0.25, -0.2) is 0 Å². The van der Waals surface area contributed by atoms with Crippen LogP contribution in [-0.4, -0.2) is 13.2 Å². The van der Waals surface area contributed by atoms with Crippen molar-refractivity contribution < 1.29 is 4.74 Å². The Kier molecular flexibility index (Phi) is 6.28. The summed E-state index contributed by atoms with van der Waals surface area (Å²) in [6.45, 7) is 1.54. The molecule has 0 fully saturated rings. The number of ether oxygens (including phenoxy) is 1. The van der Waals surface area contributed by atoms with Crippen LogP contribution in [0.5, 0.6) is 0 Å². The van der Waals surface area contributed by atoms with E-state index in [1.54, 1.807) is 0 Å². The average molecular weight is 269 g/mol. The van der Waals surface area contributed by atoms with E-state index >= 15 is 0 Å². The SMILES string of the molecule is NCCCCCOC(c1ccccc1)c1ccccc1. The lowest BCUT2D eigenvalue weighted by molar-refractivity contribution is 0.0770. The second-order valence-electron chi connectivity index (χ2n) is 4.92. The molecular formula is C18H23NO. The Morgan fingerprint density at radius 1 is 0.750 bits per heavy atom. The Morgan fingerprint density at radius 2 is 1.30 bits per heavy atom. The largest absolute Gasteiger partial charge is 0.369 e. The van der Waals surface area contributed by atoms with Crippen LogP contribution in [-0.2, 0) is 4.74 Å². The van der Waals surface area contributed by atoms with Crippen LogP contribution in [0, 0.1) is 0 Å². The van der Waals surface area contributed by atoms with Gasteiger partial charge in [0.05, 0.1) is 0 Å². The van der Waals surface area contributed by atoms with E-state index in [1.807, 2.05) is 12.1 Å². The van der Waals surface area contributed by atoms with Crippen LogP contribution >= 0.6 is 0 Å². The predicted octanol–water partition coefficient (Wildman–Crippen LogP) is 3.92. The fourth-order valence-electron chi connectivity index (χ4n) is 2.26. The van der Waals surface area contributed by atoms with Gasteiger partial charge in [0.1, 0.15) is 6.10 Å². The van der Waals surface area contributed by atoms with Gasteiger partial charge in [0.15, 0.2) is 0 Å². The Hall–Kier alpha value is -1.64. The van der Waals surface area contributed by atoms with Crippen molar-refractivity contribution in [3.8, 4) is 0 Å². The molecule has 0 bridgehead atoms. The van der Waals surface area contributed by atoms with Gasteiger partial charge < -0.3 is 10.5 Å². The summed E-state index contributed by atoms with van der Waals surface area (Å²) in [7, 11) is 0. The maximum Gasteiger partial charge on any atom is 0.108 e. The molecule has 0 unspecified atom stereocenters. The molecule has 0 amide bonds. The molecule has 2 heteroatoms. The minimum absolute atomic E-state index is 0.0234. The van der Waals surface area contributed by atoms with E-state index in [4.69, 9.17) is 10.5 Å². The molecule has 0 spiro atoms. The fourth-order valence-corrected chi connectivity index (χ4v) is 2.26. The average Bonchev–Trinajstić information content (AvgIpc) is 2.53. The van der Waals surface area contributed by atoms with E-state index in [0.29, 0.717) is 0 Å². The zero-order valence-corrected chi connectivity index (χ0v) is 11.9. The van der Waals surface area contributed by atoms with Gasteiger partial charge in [-0.1, -0.05) is 60.7 Å². The van der Waals surface area contributed by atoms with Gasteiger partial charge in [0, 0.05) is 6.61 Å². The first-order valence-corrected chi connectivity index (χ1v) is 7.33. The number of unbranched alkanes of at least 4 members (excludes halogenated alkanes) is 2. The number of hydrogen-bond acceptors (Lipinski definition) is 2. The van der Waals surface area contributed by atoms with Crippen molar-refractivity contribution in [3.63, 3.8) is 0 Å². The molecule has 2 N–H and O–H groups in total. The molecule has 2 aromatic rings. The molecule has 0 radical (unpaired) electrons. The maximum absolute atomic E-state index is 6.12. The molecule has 20 heavy (non-hydrogen) atoms. The third-order valence-electron chi connectivity index (χ3n) is 3.34. The van der Waals surface area contributed by atoms with Crippen LogP contribution in [0.15, 0.2) is 60.7 Å². The highest BCUT2D eigenvalue weighted by Crippen LogP contribution is 2.25. The smallest absolute Gasteiger partial charge is 0.108 e. The van der Waals surface area contributed by atoms with E-state index in [0.717, 1.165) is 32.4 Å². The van der Waals surface area contributed by atoms with Crippen molar-refractivity contribution in [2.45, 2.75) is 25.4 Å². The van der Waals surface area contributed by atoms with Crippen LogP contribution in [0.1, 0.15) is 36.5 Å². The van der Waals surface area contributed by atoms with Gasteiger partial charge in [-0.3, -0.25) is 0 Å². The van der Waals surface area contributed by atoms with Gasteiger partial charge in [-0.15, -0.1) is 0 Å². The zero-order chi connectivity index (χ0) is 14.0. The molecule has 0 aromatic heterocycles. The molecule has 106 valence electrons.